The van der Waals surface area contributed by atoms with Crippen LogP contribution < -0.4 is 11.5 Å². The van der Waals surface area contributed by atoms with Gasteiger partial charge in [0.2, 0.25) is 0 Å². The van der Waals surface area contributed by atoms with Crippen LogP contribution in [0.4, 0.5) is 14.5 Å². The highest BCUT2D eigenvalue weighted by Gasteiger charge is 2.19. The van der Waals surface area contributed by atoms with Gasteiger partial charge in [-0.25, -0.2) is 8.78 Å². The van der Waals surface area contributed by atoms with Crippen LogP contribution in [0.3, 0.4) is 0 Å². The summed E-state index contributed by atoms with van der Waals surface area (Å²) in [5.74, 6) is 0. The Labute approximate surface area is 78.9 Å². The first-order valence-corrected chi connectivity index (χ1v) is 3.82. The first kappa shape index (κ1) is 10.5. The van der Waals surface area contributed by atoms with E-state index in [4.69, 9.17) is 11.5 Å². The molecule has 0 bridgehead atoms. The molecule has 0 aliphatic rings. The van der Waals surface area contributed by atoms with E-state index in [0.717, 1.165) is 6.20 Å². The number of nitrogens with two attached hydrogens (primary N) is 2. The summed E-state index contributed by atoms with van der Waals surface area (Å²) in [6, 6.07) is 0. The molecule has 14 heavy (non-hydrogen) atoms. The minimum absolute atomic E-state index is 0.00926. The molecule has 6 heteroatoms. The molecule has 76 valence electrons. The average Bonchev–Trinajstić information content (AvgIpc) is 2.16. The summed E-state index contributed by atoms with van der Waals surface area (Å²) < 4.78 is 25.0. The zero-order chi connectivity index (χ0) is 10.7. The largest absolute Gasteiger partial charge is 0.397 e. The summed E-state index contributed by atoms with van der Waals surface area (Å²) in [6.45, 7) is -0.189. The molecular weight excluding hydrogens is 192 g/mol. The molecule has 0 aliphatic heterocycles. The number of halogens is 2. The van der Waals surface area contributed by atoms with E-state index in [9.17, 15) is 13.6 Å². The first-order valence-electron chi connectivity index (χ1n) is 3.82. The second-order valence-electron chi connectivity index (χ2n) is 2.61. The molecule has 4 N–H and O–H groups in total. The van der Waals surface area contributed by atoms with Gasteiger partial charge < -0.3 is 11.5 Å². The van der Waals surface area contributed by atoms with Gasteiger partial charge in [0.25, 0.3) is 6.43 Å². The number of nitrogens with zero attached hydrogens (tertiary/aromatic N) is 1. The highest BCUT2D eigenvalue weighted by molar-refractivity contribution is 5.76. The fourth-order valence-electron chi connectivity index (χ4n) is 1.17. The lowest BCUT2D eigenvalue weighted by molar-refractivity contribution is 0.111. The van der Waals surface area contributed by atoms with Crippen molar-refractivity contribution in [2.75, 3.05) is 5.73 Å². The van der Waals surface area contributed by atoms with E-state index in [0.29, 0.717) is 6.29 Å². The first-order chi connectivity index (χ1) is 6.61. The fraction of sp³-hybridized carbons (Fsp3) is 0.250. The van der Waals surface area contributed by atoms with Gasteiger partial charge in [-0.2, -0.15) is 0 Å². The van der Waals surface area contributed by atoms with Crippen LogP contribution in [-0.4, -0.2) is 11.3 Å². The average molecular weight is 201 g/mol. The number of alkyl halides is 2. The number of hydrogen-bond donors (Lipinski definition) is 2. The van der Waals surface area contributed by atoms with Gasteiger partial charge in [-0.15, -0.1) is 0 Å². The third-order valence-electron chi connectivity index (χ3n) is 1.82. The Morgan fingerprint density at radius 2 is 2.21 bits per heavy atom. The highest BCUT2D eigenvalue weighted by atomic mass is 19.3. The van der Waals surface area contributed by atoms with Crippen molar-refractivity contribution < 1.29 is 13.6 Å². The number of aldehydes is 1. The molecule has 0 saturated heterocycles. The van der Waals surface area contributed by atoms with E-state index < -0.39 is 12.0 Å². The molecule has 1 rings (SSSR count). The molecule has 0 aromatic carbocycles. The predicted octanol–water partition coefficient (Wildman–Crippen LogP) is 0.873. The molecule has 0 saturated carbocycles. The van der Waals surface area contributed by atoms with Crippen LogP contribution in [0.25, 0.3) is 0 Å². The second-order valence-corrected chi connectivity index (χ2v) is 2.61. The van der Waals surface area contributed by atoms with Gasteiger partial charge in [0.05, 0.1) is 11.9 Å². The minimum Gasteiger partial charge on any atom is -0.397 e. The van der Waals surface area contributed by atoms with Crippen LogP contribution in [0.15, 0.2) is 6.20 Å². The number of hydrogen-bond acceptors (Lipinski definition) is 4. The highest BCUT2D eigenvalue weighted by Crippen LogP contribution is 2.28. The molecule has 0 atom stereocenters. The lowest BCUT2D eigenvalue weighted by atomic mass is 10.1. The molecule has 1 heterocycles. The van der Waals surface area contributed by atoms with E-state index in [1.165, 1.54) is 0 Å². The van der Waals surface area contributed by atoms with E-state index in [1.807, 2.05) is 0 Å². The number of anilines is 1. The Morgan fingerprint density at radius 1 is 1.57 bits per heavy atom. The zero-order valence-electron chi connectivity index (χ0n) is 7.21. The van der Waals surface area contributed by atoms with Crippen molar-refractivity contribution in [3.05, 3.63) is 23.0 Å². The SMILES string of the molecule is NCc1c(C=O)ncc(N)c1C(F)F. The Balaban J connectivity index is 3.42. The third kappa shape index (κ3) is 1.69. The molecule has 0 aliphatic carbocycles. The smallest absolute Gasteiger partial charge is 0.266 e. The molecule has 0 radical (unpaired) electrons. The second kappa shape index (κ2) is 4.10. The van der Waals surface area contributed by atoms with E-state index >= 15 is 0 Å². The molecule has 0 unspecified atom stereocenters. The van der Waals surface area contributed by atoms with Gasteiger partial charge in [0.1, 0.15) is 5.69 Å². The summed E-state index contributed by atoms with van der Waals surface area (Å²) >= 11 is 0. The van der Waals surface area contributed by atoms with Crippen LogP contribution in [-0.2, 0) is 6.54 Å². The minimum atomic E-state index is -2.75. The summed E-state index contributed by atoms with van der Waals surface area (Å²) in [4.78, 5) is 14.1. The maximum absolute atomic E-state index is 12.5. The van der Waals surface area contributed by atoms with Crippen molar-refractivity contribution in [1.82, 2.24) is 4.98 Å². The van der Waals surface area contributed by atoms with Crippen molar-refractivity contribution in [3.8, 4) is 0 Å². The van der Waals surface area contributed by atoms with E-state index in [1.54, 1.807) is 0 Å². The maximum atomic E-state index is 12.5. The van der Waals surface area contributed by atoms with Gasteiger partial charge in [-0.05, 0) is 0 Å². The molecule has 0 amide bonds. The van der Waals surface area contributed by atoms with Gasteiger partial charge in [0, 0.05) is 17.7 Å². The van der Waals surface area contributed by atoms with Crippen LogP contribution in [0, 0.1) is 0 Å². The summed E-state index contributed by atoms with van der Waals surface area (Å²) in [6.07, 6.45) is -1.34. The van der Waals surface area contributed by atoms with Gasteiger partial charge >= 0.3 is 0 Å². The van der Waals surface area contributed by atoms with Crippen LogP contribution in [0.1, 0.15) is 28.0 Å². The van der Waals surface area contributed by atoms with Gasteiger partial charge in [0.15, 0.2) is 6.29 Å². The van der Waals surface area contributed by atoms with Gasteiger partial charge in [-0.1, -0.05) is 0 Å². The number of nitrogen functional groups attached to an aromatic ring is 1. The van der Waals surface area contributed by atoms with Crippen LogP contribution >= 0.6 is 0 Å². The Morgan fingerprint density at radius 3 is 2.64 bits per heavy atom. The van der Waals surface area contributed by atoms with Crippen molar-refractivity contribution in [2.24, 2.45) is 5.73 Å². The number of carbonyl (C=O) groups excluding carboxylic acids is 1. The van der Waals surface area contributed by atoms with Crippen molar-refractivity contribution >= 4 is 12.0 Å². The summed E-state index contributed by atoms with van der Waals surface area (Å²) in [5.41, 5.74) is 9.93. The van der Waals surface area contributed by atoms with Crippen molar-refractivity contribution in [2.45, 2.75) is 13.0 Å². The normalized spacial score (nSPS) is 10.6. The van der Waals surface area contributed by atoms with Crippen molar-refractivity contribution in [3.63, 3.8) is 0 Å². The Kier molecular flexibility index (Phi) is 3.08. The third-order valence-corrected chi connectivity index (χ3v) is 1.82. The number of rotatable bonds is 3. The molecule has 4 nitrogen and oxygen atoms in total. The molecule has 0 fully saturated rings. The zero-order valence-corrected chi connectivity index (χ0v) is 7.21. The lowest BCUT2D eigenvalue weighted by Crippen LogP contribution is -2.10. The van der Waals surface area contributed by atoms with E-state index in [2.05, 4.69) is 4.98 Å². The summed E-state index contributed by atoms with van der Waals surface area (Å²) in [5, 5.41) is 0. The van der Waals surface area contributed by atoms with Crippen LogP contribution in [0.5, 0.6) is 0 Å². The molecule has 1 aromatic heterocycles. The standard InChI is InChI=1S/C8H9F2N3O/c9-8(10)7-4(1-11)6(3-14)13-2-5(7)12/h2-3,8H,1,11-12H2. The van der Waals surface area contributed by atoms with E-state index in [-0.39, 0.29) is 23.5 Å². The topological polar surface area (TPSA) is 82.0 Å². The Hall–Kier alpha value is -1.56. The van der Waals surface area contributed by atoms with Gasteiger partial charge in [-0.3, -0.25) is 9.78 Å². The predicted molar refractivity (Wildman–Crippen MR) is 46.9 cm³/mol. The maximum Gasteiger partial charge on any atom is 0.266 e. The molecule has 1 aromatic rings. The summed E-state index contributed by atoms with van der Waals surface area (Å²) in [7, 11) is 0. The monoisotopic (exact) mass is 201 g/mol. The number of carbonyl (C=O) groups is 1. The number of pyridine rings is 1. The molecule has 0 spiro atoms. The number of aromatic nitrogens is 1. The quantitative estimate of drug-likeness (QED) is 0.711. The molecular formula is C8H9F2N3O. The fourth-order valence-corrected chi connectivity index (χ4v) is 1.17. The lowest BCUT2D eigenvalue weighted by Gasteiger charge is -2.10. The Bertz CT molecular complexity index is 355. The van der Waals surface area contributed by atoms with Crippen LogP contribution in [0.2, 0.25) is 0 Å². The van der Waals surface area contributed by atoms with Crippen molar-refractivity contribution in [1.29, 1.82) is 0 Å².